The summed E-state index contributed by atoms with van der Waals surface area (Å²) >= 11 is 8.12. The van der Waals surface area contributed by atoms with Crippen molar-refractivity contribution >= 4 is 43.2 Å². The van der Waals surface area contributed by atoms with Gasteiger partial charge in [-0.05, 0) is 62.2 Å². The summed E-state index contributed by atoms with van der Waals surface area (Å²) in [4.78, 5) is 1.12. The molecular formula is C11H7Br2FOS. The van der Waals surface area contributed by atoms with Crippen molar-refractivity contribution in [1.29, 1.82) is 0 Å². The number of hydrogen-bond acceptors (Lipinski definition) is 2. The second-order valence-electron chi connectivity index (χ2n) is 3.07. The Hall–Kier alpha value is -0.390. The van der Waals surface area contributed by atoms with Gasteiger partial charge in [0, 0.05) is 4.88 Å². The Morgan fingerprint density at radius 2 is 2.00 bits per heavy atom. The zero-order valence-corrected chi connectivity index (χ0v) is 12.0. The van der Waals surface area contributed by atoms with E-state index in [2.05, 4.69) is 31.9 Å². The van der Waals surface area contributed by atoms with Crippen molar-refractivity contribution in [3.8, 4) is 5.75 Å². The van der Waals surface area contributed by atoms with Crippen LogP contribution in [0, 0.1) is 5.82 Å². The Labute approximate surface area is 114 Å². The maximum Gasteiger partial charge on any atom is 0.137 e. The minimum Gasteiger partial charge on any atom is -0.488 e. The van der Waals surface area contributed by atoms with Gasteiger partial charge in [0.25, 0.3) is 0 Å². The zero-order valence-electron chi connectivity index (χ0n) is 8.04. The Bertz CT molecular complexity index is 498. The zero-order chi connectivity index (χ0) is 11.5. The lowest BCUT2D eigenvalue weighted by Crippen LogP contribution is -1.93. The summed E-state index contributed by atoms with van der Waals surface area (Å²) in [5.74, 6) is 0.365. The van der Waals surface area contributed by atoms with E-state index < -0.39 is 0 Å². The van der Waals surface area contributed by atoms with Gasteiger partial charge in [0.1, 0.15) is 18.2 Å². The highest BCUT2D eigenvalue weighted by Crippen LogP contribution is 2.25. The molecule has 0 fully saturated rings. The summed E-state index contributed by atoms with van der Waals surface area (Å²) in [6, 6.07) is 8.59. The highest BCUT2D eigenvalue weighted by molar-refractivity contribution is 9.11. The number of ether oxygens (including phenoxy) is 1. The Kier molecular flexibility index (Phi) is 4.00. The van der Waals surface area contributed by atoms with E-state index in [-0.39, 0.29) is 5.82 Å². The lowest BCUT2D eigenvalue weighted by molar-refractivity contribution is 0.309. The molecule has 0 saturated carbocycles. The standard InChI is InChI=1S/C11H7Br2FOS/c12-9-5-7(1-3-10(9)14)15-6-8-2-4-11(13)16-8/h1-5H,6H2. The number of benzene rings is 1. The molecule has 1 heterocycles. The molecule has 1 nitrogen and oxygen atoms in total. The Balaban J connectivity index is 2.02. The number of hydrogen-bond donors (Lipinski definition) is 0. The first-order chi connectivity index (χ1) is 7.65. The largest absolute Gasteiger partial charge is 0.488 e. The van der Waals surface area contributed by atoms with Crippen LogP contribution in [0.25, 0.3) is 0 Å². The van der Waals surface area contributed by atoms with Gasteiger partial charge in [0.2, 0.25) is 0 Å². The summed E-state index contributed by atoms with van der Waals surface area (Å²) < 4.78 is 20.0. The fourth-order valence-electron chi connectivity index (χ4n) is 1.15. The van der Waals surface area contributed by atoms with Crippen molar-refractivity contribution in [3.63, 3.8) is 0 Å². The van der Waals surface area contributed by atoms with Gasteiger partial charge in [-0.15, -0.1) is 11.3 Å². The lowest BCUT2D eigenvalue weighted by atomic mass is 10.3. The molecule has 0 spiro atoms. The molecule has 1 aromatic heterocycles. The maximum atomic E-state index is 13.0. The number of rotatable bonds is 3. The van der Waals surface area contributed by atoms with Crippen LogP contribution in [0.3, 0.4) is 0 Å². The summed E-state index contributed by atoms with van der Waals surface area (Å²) in [7, 11) is 0. The van der Waals surface area contributed by atoms with Crippen molar-refractivity contribution in [3.05, 3.63) is 49.3 Å². The van der Waals surface area contributed by atoms with Crippen LogP contribution in [0.5, 0.6) is 5.75 Å². The topological polar surface area (TPSA) is 9.23 Å². The Morgan fingerprint density at radius 3 is 2.62 bits per heavy atom. The van der Waals surface area contributed by atoms with E-state index in [1.54, 1.807) is 23.5 Å². The molecule has 5 heteroatoms. The summed E-state index contributed by atoms with van der Waals surface area (Å²) in [5.41, 5.74) is 0. The molecule has 0 unspecified atom stereocenters. The minimum absolute atomic E-state index is 0.286. The van der Waals surface area contributed by atoms with Gasteiger partial charge in [0.05, 0.1) is 8.26 Å². The first-order valence-corrected chi connectivity index (χ1v) is 6.87. The van der Waals surface area contributed by atoms with Crippen molar-refractivity contribution < 1.29 is 9.13 Å². The first kappa shape index (κ1) is 12.1. The van der Waals surface area contributed by atoms with E-state index in [1.165, 1.54) is 6.07 Å². The van der Waals surface area contributed by atoms with Gasteiger partial charge in [-0.3, -0.25) is 0 Å². The normalized spacial score (nSPS) is 10.4. The van der Waals surface area contributed by atoms with Crippen LogP contribution in [0.1, 0.15) is 4.88 Å². The highest BCUT2D eigenvalue weighted by Gasteiger charge is 2.02. The van der Waals surface area contributed by atoms with Crippen LogP contribution in [0.4, 0.5) is 4.39 Å². The summed E-state index contributed by atoms with van der Waals surface area (Å²) in [5, 5.41) is 0. The molecular weight excluding hydrogens is 359 g/mol. The maximum absolute atomic E-state index is 13.0. The molecule has 1 aromatic carbocycles. The van der Waals surface area contributed by atoms with Crippen LogP contribution in [0.15, 0.2) is 38.6 Å². The van der Waals surface area contributed by atoms with E-state index in [0.29, 0.717) is 16.8 Å². The molecule has 0 amide bonds. The van der Waals surface area contributed by atoms with E-state index in [0.717, 1.165) is 8.66 Å². The second kappa shape index (κ2) is 5.29. The van der Waals surface area contributed by atoms with Crippen LogP contribution in [-0.4, -0.2) is 0 Å². The van der Waals surface area contributed by atoms with E-state index in [9.17, 15) is 4.39 Å². The quantitative estimate of drug-likeness (QED) is 0.744. The Morgan fingerprint density at radius 1 is 1.19 bits per heavy atom. The van der Waals surface area contributed by atoms with Crippen molar-refractivity contribution in [2.45, 2.75) is 6.61 Å². The molecule has 84 valence electrons. The lowest BCUT2D eigenvalue weighted by Gasteiger charge is -2.05. The molecule has 0 atom stereocenters. The van der Waals surface area contributed by atoms with Gasteiger partial charge in [-0.25, -0.2) is 4.39 Å². The molecule has 0 aliphatic rings. The second-order valence-corrected chi connectivity index (χ2v) is 6.47. The molecule has 16 heavy (non-hydrogen) atoms. The van der Waals surface area contributed by atoms with Gasteiger partial charge in [-0.2, -0.15) is 0 Å². The monoisotopic (exact) mass is 364 g/mol. The van der Waals surface area contributed by atoms with Gasteiger partial charge in [0.15, 0.2) is 0 Å². The molecule has 0 saturated heterocycles. The summed E-state index contributed by atoms with van der Waals surface area (Å²) in [6.45, 7) is 0.494. The van der Waals surface area contributed by atoms with Gasteiger partial charge in [-0.1, -0.05) is 0 Å². The molecule has 0 aliphatic carbocycles. The fraction of sp³-hybridized carbons (Fsp3) is 0.0909. The molecule has 0 aliphatic heterocycles. The van der Waals surface area contributed by atoms with Crippen LogP contribution in [-0.2, 0) is 6.61 Å². The van der Waals surface area contributed by atoms with Crippen LogP contribution < -0.4 is 4.74 Å². The predicted octanol–water partition coefficient (Wildman–Crippen LogP) is 4.99. The van der Waals surface area contributed by atoms with Crippen molar-refractivity contribution in [2.75, 3.05) is 0 Å². The van der Waals surface area contributed by atoms with Crippen molar-refractivity contribution in [2.24, 2.45) is 0 Å². The SMILES string of the molecule is Fc1ccc(OCc2ccc(Br)s2)cc1Br. The smallest absolute Gasteiger partial charge is 0.137 e. The number of halogens is 3. The van der Waals surface area contributed by atoms with E-state index in [1.807, 2.05) is 12.1 Å². The molecule has 2 aromatic rings. The fourth-order valence-corrected chi connectivity index (χ4v) is 2.90. The van der Waals surface area contributed by atoms with Gasteiger partial charge < -0.3 is 4.74 Å². The average molecular weight is 366 g/mol. The van der Waals surface area contributed by atoms with Crippen LogP contribution in [0.2, 0.25) is 0 Å². The third kappa shape index (κ3) is 3.06. The van der Waals surface area contributed by atoms with Crippen LogP contribution >= 0.6 is 43.2 Å². The first-order valence-electron chi connectivity index (χ1n) is 4.47. The highest BCUT2D eigenvalue weighted by atomic mass is 79.9. The average Bonchev–Trinajstić information content (AvgIpc) is 2.66. The minimum atomic E-state index is -0.286. The van der Waals surface area contributed by atoms with Crippen molar-refractivity contribution in [1.82, 2.24) is 0 Å². The van der Waals surface area contributed by atoms with E-state index >= 15 is 0 Å². The molecule has 2 rings (SSSR count). The molecule has 0 N–H and O–H groups in total. The number of thiophene rings is 1. The molecule has 0 bridgehead atoms. The predicted molar refractivity (Wildman–Crippen MR) is 70.5 cm³/mol. The van der Waals surface area contributed by atoms with E-state index in [4.69, 9.17) is 4.74 Å². The molecule has 0 radical (unpaired) electrons. The third-order valence-electron chi connectivity index (χ3n) is 1.90. The van der Waals surface area contributed by atoms with Gasteiger partial charge >= 0.3 is 0 Å². The summed E-state index contributed by atoms with van der Waals surface area (Å²) in [6.07, 6.45) is 0. The third-order valence-corrected chi connectivity index (χ3v) is 4.11.